The van der Waals surface area contributed by atoms with Crippen molar-refractivity contribution in [2.75, 3.05) is 6.61 Å². The Kier molecular flexibility index (Phi) is 7.73. The first kappa shape index (κ1) is 24.8. The number of amides is 3. The van der Waals surface area contributed by atoms with E-state index in [4.69, 9.17) is 21.1 Å². The van der Waals surface area contributed by atoms with Crippen LogP contribution < -0.4 is 14.8 Å². The minimum Gasteiger partial charge on any atom is -0.490 e. The quantitative estimate of drug-likeness (QED) is 0.259. The van der Waals surface area contributed by atoms with E-state index in [0.29, 0.717) is 45.3 Å². The summed E-state index contributed by atoms with van der Waals surface area (Å²) in [6.45, 7) is 2.61. The minimum atomic E-state index is -0.544. The zero-order valence-corrected chi connectivity index (χ0v) is 21.0. The van der Waals surface area contributed by atoms with Crippen molar-refractivity contribution in [2.24, 2.45) is 0 Å². The van der Waals surface area contributed by atoms with Crippen LogP contribution in [0.25, 0.3) is 6.08 Å². The molecule has 1 fully saturated rings. The maximum Gasteiger partial charge on any atom is 0.329 e. The summed E-state index contributed by atoms with van der Waals surface area (Å²) in [5.41, 5.74) is 2.34. The van der Waals surface area contributed by atoms with E-state index < -0.39 is 11.9 Å². The van der Waals surface area contributed by atoms with Crippen molar-refractivity contribution in [1.82, 2.24) is 10.2 Å². The van der Waals surface area contributed by atoms with Gasteiger partial charge in [-0.1, -0.05) is 35.9 Å². The molecule has 1 aliphatic rings. The summed E-state index contributed by atoms with van der Waals surface area (Å²) >= 11 is 9.46. The lowest BCUT2D eigenvalue weighted by Crippen LogP contribution is -2.30. The molecule has 35 heavy (non-hydrogen) atoms. The van der Waals surface area contributed by atoms with E-state index in [9.17, 15) is 14.0 Å². The van der Waals surface area contributed by atoms with Crippen LogP contribution in [0.15, 0.2) is 70.8 Å². The number of nitrogens with zero attached hydrogens (tertiary/aromatic N) is 1. The van der Waals surface area contributed by atoms with Gasteiger partial charge >= 0.3 is 6.03 Å². The number of benzene rings is 3. The van der Waals surface area contributed by atoms with Gasteiger partial charge in [0, 0.05) is 5.02 Å². The molecule has 0 aromatic heterocycles. The van der Waals surface area contributed by atoms with Crippen molar-refractivity contribution in [3.05, 3.63) is 98.4 Å². The van der Waals surface area contributed by atoms with Crippen LogP contribution >= 0.6 is 27.5 Å². The molecule has 3 aromatic rings. The molecule has 0 aliphatic carbocycles. The lowest BCUT2D eigenvalue weighted by atomic mass is 10.1. The van der Waals surface area contributed by atoms with Gasteiger partial charge in [0.2, 0.25) is 0 Å². The maximum absolute atomic E-state index is 13.2. The summed E-state index contributed by atoms with van der Waals surface area (Å²) in [6.07, 6.45) is 1.57. The predicted molar refractivity (Wildman–Crippen MR) is 135 cm³/mol. The van der Waals surface area contributed by atoms with Crippen molar-refractivity contribution in [3.63, 3.8) is 0 Å². The standard InChI is InChI=1S/C26H21BrClFN2O4/c1-2-34-23-13-18(11-21(27)24(23)35-15-17-3-7-19(28)8-4-17)12-22-25(32)31(26(33)30-22)14-16-5-9-20(29)10-6-16/h3-13H,2,14-15H2,1H3,(H,30,33)/b22-12+. The number of hydrogen-bond acceptors (Lipinski definition) is 4. The van der Waals surface area contributed by atoms with E-state index in [-0.39, 0.29) is 18.1 Å². The van der Waals surface area contributed by atoms with Crippen LogP contribution in [0.5, 0.6) is 11.5 Å². The van der Waals surface area contributed by atoms with Gasteiger partial charge in [0.25, 0.3) is 5.91 Å². The third kappa shape index (κ3) is 6.01. The molecule has 0 bridgehead atoms. The number of ether oxygens (including phenoxy) is 2. The summed E-state index contributed by atoms with van der Waals surface area (Å²) < 4.78 is 25.6. The van der Waals surface area contributed by atoms with Gasteiger partial charge in [-0.15, -0.1) is 0 Å². The highest BCUT2D eigenvalue weighted by molar-refractivity contribution is 9.10. The van der Waals surface area contributed by atoms with Crippen molar-refractivity contribution >= 4 is 45.5 Å². The number of carbonyl (C=O) groups excluding carboxylic acids is 2. The number of rotatable bonds is 8. The molecule has 0 unspecified atom stereocenters. The second kappa shape index (κ2) is 10.9. The molecule has 180 valence electrons. The molecule has 0 atom stereocenters. The van der Waals surface area contributed by atoms with Crippen LogP contribution in [0.2, 0.25) is 5.02 Å². The molecule has 1 N–H and O–H groups in total. The van der Waals surface area contributed by atoms with Crippen LogP contribution in [0.4, 0.5) is 9.18 Å². The maximum atomic E-state index is 13.2. The first-order valence-electron chi connectivity index (χ1n) is 10.8. The van der Waals surface area contributed by atoms with E-state index in [2.05, 4.69) is 21.2 Å². The Morgan fingerprint density at radius 3 is 2.40 bits per heavy atom. The molecule has 3 amide bonds. The molecular formula is C26H21BrClFN2O4. The van der Waals surface area contributed by atoms with Gasteiger partial charge < -0.3 is 14.8 Å². The average molecular weight is 560 g/mol. The molecule has 9 heteroatoms. The van der Waals surface area contributed by atoms with Crippen LogP contribution in [-0.2, 0) is 17.9 Å². The second-order valence-corrected chi connectivity index (χ2v) is 8.97. The van der Waals surface area contributed by atoms with Crippen LogP contribution in [0.3, 0.4) is 0 Å². The Morgan fingerprint density at radius 1 is 1.03 bits per heavy atom. The first-order valence-corrected chi connectivity index (χ1v) is 11.9. The molecule has 0 spiro atoms. The molecule has 1 heterocycles. The SMILES string of the molecule is CCOc1cc(/C=C2/NC(=O)N(Cc3ccc(F)cc3)C2=O)cc(Br)c1OCc1ccc(Cl)cc1. The van der Waals surface area contributed by atoms with E-state index >= 15 is 0 Å². The largest absolute Gasteiger partial charge is 0.490 e. The third-order valence-electron chi connectivity index (χ3n) is 5.16. The smallest absolute Gasteiger partial charge is 0.329 e. The van der Waals surface area contributed by atoms with Gasteiger partial charge in [0.1, 0.15) is 18.1 Å². The fourth-order valence-electron chi connectivity index (χ4n) is 3.46. The van der Waals surface area contributed by atoms with Gasteiger partial charge in [-0.2, -0.15) is 0 Å². The molecule has 1 aliphatic heterocycles. The average Bonchev–Trinajstić information content (AvgIpc) is 3.08. The highest BCUT2D eigenvalue weighted by Gasteiger charge is 2.33. The molecule has 6 nitrogen and oxygen atoms in total. The second-order valence-electron chi connectivity index (χ2n) is 7.68. The minimum absolute atomic E-state index is 0.0354. The highest BCUT2D eigenvalue weighted by Crippen LogP contribution is 2.38. The summed E-state index contributed by atoms with van der Waals surface area (Å²) in [7, 11) is 0. The molecule has 4 rings (SSSR count). The van der Waals surface area contributed by atoms with Gasteiger partial charge in [-0.25, -0.2) is 9.18 Å². The summed E-state index contributed by atoms with van der Waals surface area (Å²) in [4.78, 5) is 26.3. The topological polar surface area (TPSA) is 67.9 Å². The Hall–Kier alpha value is -3.36. The normalized spacial score (nSPS) is 14.4. The number of carbonyl (C=O) groups is 2. The van der Waals surface area contributed by atoms with Gasteiger partial charge in [-0.05, 0) is 82.0 Å². The lowest BCUT2D eigenvalue weighted by molar-refractivity contribution is -0.123. The Balaban J connectivity index is 1.54. The third-order valence-corrected chi connectivity index (χ3v) is 6.00. The Bertz CT molecular complexity index is 1280. The zero-order chi connectivity index (χ0) is 24.9. The Labute approximate surface area is 215 Å². The fourth-order valence-corrected chi connectivity index (χ4v) is 4.16. The summed E-state index contributed by atoms with van der Waals surface area (Å²) in [5, 5.41) is 3.24. The van der Waals surface area contributed by atoms with Crippen LogP contribution in [-0.4, -0.2) is 23.4 Å². The van der Waals surface area contributed by atoms with Crippen molar-refractivity contribution in [3.8, 4) is 11.5 Å². The number of urea groups is 1. The van der Waals surface area contributed by atoms with Gasteiger partial charge in [0.15, 0.2) is 11.5 Å². The van der Waals surface area contributed by atoms with Crippen molar-refractivity contribution < 1.29 is 23.5 Å². The highest BCUT2D eigenvalue weighted by atomic mass is 79.9. The summed E-state index contributed by atoms with van der Waals surface area (Å²) in [6, 6.07) is 15.9. The summed E-state index contributed by atoms with van der Waals surface area (Å²) in [5.74, 6) is 0.144. The number of halogens is 3. The molecule has 3 aromatic carbocycles. The van der Waals surface area contributed by atoms with Crippen LogP contribution in [0, 0.1) is 5.82 Å². The van der Waals surface area contributed by atoms with Crippen molar-refractivity contribution in [2.45, 2.75) is 20.1 Å². The van der Waals surface area contributed by atoms with Crippen molar-refractivity contribution in [1.29, 1.82) is 0 Å². The van der Waals surface area contributed by atoms with E-state index in [1.807, 2.05) is 19.1 Å². The lowest BCUT2D eigenvalue weighted by Gasteiger charge is -2.15. The zero-order valence-electron chi connectivity index (χ0n) is 18.7. The number of nitrogens with one attached hydrogen (secondary N) is 1. The molecular weight excluding hydrogens is 539 g/mol. The fraction of sp³-hybridized carbons (Fsp3) is 0.154. The van der Waals surface area contributed by atoms with E-state index in [1.165, 1.54) is 24.3 Å². The first-order chi connectivity index (χ1) is 16.8. The van der Waals surface area contributed by atoms with E-state index in [1.54, 1.807) is 30.3 Å². The van der Waals surface area contributed by atoms with Gasteiger partial charge in [-0.3, -0.25) is 9.69 Å². The molecule has 0 radical (unpaired) electrons. The number of hydrogen-bond donors (Lipinski definition) is 1. The molecule has 1 saturated heterocycles. The monoisotopic (exact) mass is 558 g/mol. The van der Waals surface area contributed by atoms with Gasteiger partial charge in [0.05, 0.1) is 17.6 Å². The van der Waals surface area contributed by atoms with E-state index in [0.717, 1.165) is 10.5 Å². The number of imide groups is 1. The predicted octanol–water partition coefficient (Wildman–Crippen LogP) is 6.31. The Morgan fingerprint density at radius 2 is 1.71 bits per heavy atom. The molecule has 0 saturated carbocycles. The van der Waals surface area contributed by atoms with Crippen LogP contribution in [0.1, 0.15) is 23.6 Å².